The molecule has 2 aliphatic heterocycles. The lowest BCUT2D eigenvalue weighted by atomic mass is 10.0. The zero-order chi connectivity index (χ0) is 30.1. The third-order valence-corrected chi connectivity index (χ3v) is 8.56. The summed E-state index contributed by atoms with van der Waals surface area (Å²) < 4.78 is 20.3. The number of amides is 2. The van der Waals surface area contributed by atoms with Gasteiger partial charge in [0.05, 0.1) is 18.4 Å². The number of nitrogens with zero attached hydrogens (tertiary/aromatic N) is 8. The van der Waals surface area contributed by atoms with Crippen LogP contribution in [0.3, 0.4) is 0 Å². The van der Waals surface area contributed by atoms with E-state index in [1.54, 1.807) is 18.7 Å². The van der Waals surface area contributed by atoms with Crippen LogP contribution in [-0.2, 0) is 32.3 Å². The van der Waals surface area contributed by atoms with Crippen molar-refractivity contribution in [3.8, 4) is 0 Å². The summed E-state index contributed by atoms with van der Waals surface area (Å²) in [5.41, 5.74) is 7.79. The summed E-state index contributed by atoms with van der Waals surface area (Å²) in [6, 6.07) is 8.35. The number of hydrogen-bond donors (Lipinski definition) is 3. The number of imidazole rings is 1. The molecule has 0 radical (unpaired) electrons. The van der Waals surface area contributed by atoms with Crippen molar-refractivity contribution in [3.05, 3.63) is 71.8 Å². The third-order valence-electron chi connectivity index (χ3n) is 6.68. The van der Waals surface area contributed by atoms with Crippen molar-refractivity contribution in [2.75, 3.05) is 18.3 Å². The van der Waals surface area contributed by atoms with Gasteiger partial charge in [0, 0.05) is 29.1 Å². The van der Waals surface area contributed by atoms with E-state index in [1.807, 2.05) is 39.5 Å². The van der Waals surface area contributed by atoms with Crippen LogP contribution in [0.5, 0.6) is 0 Å². The summed E-state index contributed by atoms with van der Waals surface area (Å²) in [6.07, 6.45) is 5.22. The van der Waals surface area contributed by atoms with E-state index in [0.717, 1.165) is 27.6 Å². The molecule has 0 saturated carbocycles. The number of carbonyl (C=O) groups is 3. The van der Waals surface area contributed by atoms with Gasteiger partial charge in [-0.15, -0.1) is 11.8 Å². The predicted molar refractivity (Wildman–Crippen MR) is 151 cm³/mol. The van der Waals surface area contributed by atoms with Crippen molar-refractivity contribution in [1.82, 2.24) is 34.1 Å². The number of aliphatic carboxylic acids is 1. The summed E-state index contributed by atoms with van der Waals surface area (Å²) in [5.74, 6) is -2.72. The first kappa shape index (κ1) is 28.2. The molecule has 6 rings (SSSR count). The fourth-order valence-corrected chi connectivity index (χ4v) is 6.60. The number of β-lactam (4-membered cyclic amide) rings is 1. The van der Waals surface area contributed by atoms with Crippen molar-refractivity contribution in [2.24, 2.45) is 5.16 Å². The first-order chi connectivity index (χ1) is 20.9. The van der Waals surface area contributed by atoms with Gasteiger partial charge in [-0.25, -0.2) is 13.8 Å². The van der Waals surface area contributed by atoms with E-state index in [2.05, 4.69) is 34.6 Å². The Morgan fingerprint density at radius 1 is 1.28 bits per heavy atom. The molecule has 18 heteroatoms. The zero-order valence-electron chi connectivity index (χ0n) is 22.0. The number of aromatic nitrogens is 6. The molecule has 0 aromatic carbocycles. The normalized spacial score (nSPS) is 18.4. The number of thioether (sulfide) groups is 1. The highest BCUT2D eigenvalue weighted by Gasteiger charge is 2.54. The maximum Gasteiger partial charge on any atom is 0.352 e. The number of nitrogens with one attached hydrogen (secondary N) is 1. The molecule has 2 unspecified atom stereocenters. The Kier molecular flexibility index (Phi) is 7.68. The molecule has 0 bridgehead atoms. The smallest absolute Gasteiger partial charge is 0.352 e. The second kappa shape index (κ2) is 11.7. The molecule has 6 heterocycles. The summed E-state index contributed by atoms with van der Waals surface area (Å²) >= 11 is 2.09. The van der Waals surface area contributed by atoms with E-state index < -0.39 is 41.8 Å². The number of fused-ring (bicyclic) bond motifs is 2. The highest BCUT2D eigenvalue weighted by Crippen LogP contribution is 2.40. The van der Waals surface area contributed by atoms with Gasteiger partial charge >= 0.3 is 11.6 Å². The number of oxime groups is 1. The third kappa shape index (κ3) is 5.37. The Labute approximate surface area is 250 Å². The van der Waals surface area contributed by atoms with E-state index in [0.29, 0.717) is 17.8 Å². The molecule has 2 amide bonds. The van der Waals surface area contributed by atoms with E-state index in [9.17, 15) is 23.9 Å². The van der Waals surface area contributed by atoms with Crippen LogP contribution >= 0.6 is 23.3 Å². The first-order valence-electron chi connectivity index (χ1n) is 12.6. The van der Waals surface area contributed by atoms with E-state index in [4.69, 9.17) is 5.73 Å². The fraction of sp³-hybridized carbons (Fsp3) is 0.240. The van der Waals surface area contributed by atoms with Crippen LogP contribution in [0.1, 0.15) is 11.5 Å². The van der Waals surface area contributed by atoms with Gasteiger partial charge in [-0.1, -0.05) is 11.2 Å². The number of hydrogen-bond acceptors (Lipinski definition) is 12. The molecule has 1 fully saturated rings. The summed E-state index contributed by atoms with van der Waals surface area (Å²) in [7, 11) is 0. The van der Waals surface area contributed by atoms with Gasteiger partial charge in [-0.05, 0) is 29.2 Å². The molecule has 0 aliphatic carbocycles. The Bertz CT molecular complexity index is 1790. The van der Waals surface area contributed by atoms with Gasteiger partial charge < -0.3 is 21.0 Å². The number of alkyl halides is 1. The van der Waals surface area contributed by atoms with Crippen LogP contribution < -0.4 is 15.6 Å². The molecule has 4 aromatic rings. The minimum Gasteiger partial charge on any atom is -0.477 e. The topological polar surface area (TPSA) is 195 Å². The number of pyridine rings is 2. The van der Waals surface area contributed by atoms with Crippen molar-refractivity contribution in [3.63, 3.8) is 0 Å². The lowest BCUT2D eigenvalue weighted by molar-refractivity contribution is -0.664. The number of halogens is 1. The Morgan fingerprint density at radius 3 is 2.86 bits per heavy atom. The van der Waals surface area contributed by atoms with Crippen LogP contribution in [-0.4, -0.2) is 81.4 Å². The van der Waals surface area contributed by atoms with Crippen LogP contribution in [0, 0.1) is 0 Å². The van der Waals surface area contributed by atoms with Crippen LogP contribution in [0.2, 0.25) is 0 Å². The minimum atomic E-state index is -1.31. The van der Waals surface area contributed by atoms with Crippen LogP contribution in [0.15, 0.2) is 65.5 Å². The molecular formula is C25H22FN10O5S2+. The number of carboxylic acids is 1. The van der Waals surface area contributed by atoms with E-state index in [-0.39, 0.29) is 29.0 Å². The Balaban J connectivity index is 1.22. The molecule has 4 aromatic heterocycles. The maximum atomic E-state index is 13.2. The number of rotatable bonds is 10. The van der Waals surface area contributed by atoms with Crippen molar-refractivity contribution >= 4 is 63.1 Å². The number of carbonyl (C=O) groups excluding carboxylic acids is 2. The lowest BCUT2D eigenvalue weighted by Gasteiger charge is -2.49. The van der Waals surface area contributed by atoms with Gasteiger partial charge in [0.15, 0.2) is 5.13 Å². The molecule has 220 valence electrons. The number of nitrogens with two attached hydrogens (primary N) is 1. The fourth-order valence-electron chi connectivity index (χ4n) is 4.83. The molecule has 2 atom stereocenters. The van der Waals surface area contributed by atoms with E-state index in [1.165, 1.54) is 11.8 Å². The number of nitrogen functional groups attached to an aromatic ring is 1. The summed E-state index contributed by atoms with van der Waals surface area (Å²) in [5, 5.41) is 15.4. The zero-order valence-corrected chi connectivity index (χ0v) is 23.7. The van der Waals surface area contributed by atoms with Gasteiger partial charge in [-0.3, -0.25) is 24.0 Å². The predicted octanol–water partition coefficient (Wildman–Crippen LogP) is 0.287. The standard InChI is InChI=1S/C25H21FN10O5S2/c26-11-41-32-16(19-31-25(27)43-33-19)21(37)30-17-22(38)36-18(24(39)40)13(10-42-23(17)36)8-34-7-3-5-15-20(34)29-12-35(15)9-14-4-1-2-6-28-14/h1-7,12,17,23H,8-11H2,(H3-,27,30,31,33,37,39,40)/p+1/b32-16-. The molecular weight excluding hydrogens is 603 g/mol. The largest absolute Gasteiger partial charge is 0.477 e. The quantitative estimate of drug-likeness (QED) is 0.0949. The Morgan fingerprint density at radius 2 is 2.14 bits per heavy atom. The monoisotopic (exact) mass is 625 g/mol. The maximum absolute atomic E-state index is 13.2. The van der Waals surface area contributed by atoms with Gasteiger partial charge in [-0.2, -0.15) is 9.36 Å². The van der Waals surface area contributed by atoms with Gasteiger partial charge in [0.25, 0.3) is 18.7 Å². The van der Waals surface area contributed by atoms with Crippen molar-refractivity contribution < 1.29 is 33.3 Å². The van der Waals surface area contributed by atoms with Crippen LogP contribution in [0.4, 0.5) is 9.52 Å². The average molecular weight is 626 g/mol. The average Bonchev–Trinajstić information content (AvgIpc) is 3.62. The van der Waals surface area contributed by atoms with Crippen molar-refractivity contribution in [1.29, 1.82) is 0 Å². The molecule has 2 aliphatic rings. The highest BCUT2D eigenvalue weighted by molar-refractivity contribution is 8.00. The van der Waals surface area contributed by atoms with Crippen molar-refractivity contribution in [2.45, 2.75) is 24.5 Å². The minimum absolute atomic E-state index is 0.0433. The summed E-state index contributed by atoms with van der Waals surface area (Å²) in [4.78, 5) is 56.9. The van der Waals surface area contributed by atoms with Gasteiger partial charge in [0.1, 0.15) is 29.2 Å². The number of carboxylic acid groups (broad SMARTS) is 1. The second-order valence-corrected chi connectivity index (χ2v) is 11.2. The Hall–Kier alpha value is -4.97. The molecule has 1 saturated heterocycles. The highest BCUT2D eigenvalue weighted by atomic mass is 32.2. The SMILES string of the molecule is Nc1nc(/C(=N/OCF)C(=O)NC2C(=O)N3C(C(=O)O)=C(C[n+]4cccc5c4ncn5Cc4ccccn4)CSC23)ns1. The van der Waals surface area contributed by atoms with E-state index >= 15 is 0 Å². The van der Waals surface area contributed by atoms with Crippen LogP contribution in [0.25, 0.3) is 11.2 Å². The molecule has 0 spiro atoms. The second-order valence-electron chi connectivity index (χ2n) is 9.29. The molecule has 43 heavy (non-hydrogen) atoms. The number of anilines is 1. The lowest BCUT2D eigenvalue weighted by Crippen LogP contribution is -2.71. The first-order valence-corrected chi connectivity index (χ1v) is 14.5. The summed E-state index contributed by atoms with van der Waals surface area (Å²) in [6.45, 7) is -0.624. The molecule has 15 nitrogen and oxygen atoms in total. The van der Waals surface area contributed by atoms with Gasteiger partial charge in [0.2, 0.25) is 17.9 Å². The molecule has 4 N–H and O–H groups in total.